The molecule has 1 rings (SSSR count). The molecule has 1 fully saturated rings. The van der Waals surface area contributed by atoms with Gasteiger partial charge in [0.05, 0.1) is 12.4 Å². The molecule has 4 heteroatoms. The summed E-state index contributed by atoms with van der Waals surface area (Å²) < 4.78 is 27.7. The summed E-state index contributed by atoms with van der Waals surface area (Å²) in [6.07, 6.45) is 12.0. The van der Waals surface area contributed by atoms with E-state index in [1.165, 1.54) is 6.42 Å². The van der Waals surface area contributed by atoms with E-state index in [9.17, 15) is 8.42 Å². The molecule has 1 aliphatic rings. The first-order valence-electron chi connectivity index (χ1n) is 5.95. The molecule has 1 unspecified atom stereocenters. The van der Waals surface area contributed by atoms with Crippen molar-refractivity contribution in [2.24, 2.45) is 5.92 Å². The monoisotopic (exact) mass is 256 g/mol. The number of hydrogen-bond donors (Lipinski definition) is 0. The van der Waals surface area contributed by atoms with Gasteiger partial charge in [0.15, 0.2) is 0 Å². The fraction of sp³-hybridized carbons (Fsp3) is 0.692. The van der Waals surface area contributed by atoms with Crippen LogP contribution in [-0.2, 0) is 14.3 Å². The minimum Gasteiger partial charge on any atom is -0.266 e. The Kier molecular flexibility index (Phi) is 5.23. The summed E-state index contributed by atoms with van der Waals surface area (Å²) in [5.74, 6) is 2.73. The lowest BCUT2D eigenvalue weighted by Crippen LogP contribution is -2.28. The van der Waals surface area contributed by atoms with Crippen molar-refractivity contribution in [3.8, 4) is 12.3 Å². The Morgan fingerprint density at radius 3 is 2.53 bits per heavy atom. The number of terminal acetylenes is 1. The third-order valence-electron chi connectivity index (χ3n) is 3.13. The van der Waals surface area contributed by atoms with Gasteiger partial charge >= 0.3 is 0 Å². The van der Waals surface area contributed by atoms with Crippen LogP contribution in [0.2, 0.25) is 0 Å². The van der Waals surface area contributed by atoms with E-state index in [1.54, 1.807) is 0 Å². The van der Waals surface area contributed by atoms with E-state index in [0.717, 1.165) is 31.9 Å². The Labute approximate surface area is 104 Å². The van der Waals surface area contributed by atoms with Gasteiger partial charge in [0.1, 0.15) is 0 Å². The van der Waals surface area contributed by atoms with E-state index >= 15 is 0 Å². The molecule has 0 saturated heterocycles. The van der Waals surface area contributed by atoms with Crippen LogP contribution in [0.1, 0.15) is 38.5 Å². The second-order valence-electron chi connectivity index (χ2n) is 4.69. The molecule has 1 saturated carbocycles. The first-order valence-corrected chi connectivity index (χ1v) is 7.76. The van der Waals surface area contributed by atoms with Crippen molar-refractivity contribution in [2.45, 2.75) is 44.6 Å². The molecule has 0 aromatic rings. The van der Waals surface area contributed by atoms with Gasteiger partial charge in [-0.15, -0.1) is 6.42 Å². The van der Waals surface area contributed by atoms with E-state index in [4.69, 9.17) is 10.6 Å². The van der Waals surface area contributed by atoms with Gasteiger partial charge < -0.3 is 0 Å². The van der Waals surface area contributed by atoms with Gasteiger partial charge in [-0.2, -0.15) is 8.42 Å². The topological polar surface area (TPSA) is 43.4 Å². The molecule has 0 aromatic heterocycles. The van der Waals surface area contributed by atoms with E-state index in [1.807, 2.05) is 0 Å². The van der Waals surface area contributed by atoms with E-state index < -0.39 is 10.1 Å². The maximum atomic E-state index is 11.3. The summed E-state index contributed by atoms with van der Waals surface area (Å²) in [4.78, 5) is 0. The molecule has 1 aliphatic carbocycles. The SMILES string of the molecule is C#CC(=C)CC(OS(C)(=O)=O)C1CCCCC1. The normalized spacial score (nSPS) is 19.5. The first kappa shape index (κ1) is 14.3. The summed E-state index contributed by atoms with van der Waals surface area (Å²) in [5, 5.41) is 0. The van der Waals surface area contributed by atoms with Crippen LogP contribution < -0.4 is 0 Å². The summed E-state index contributed by atoms with van der Waals surface area (Å²) >= 11 is 0. The van der Waals surface area contributed by atoms with Crippen LogP contribution in [0.4, 0.5) is 0 Å². The number of hydrogen-bond acceptors (Lipinski definition) is 3. The summed E-state index contributed by atoms with van der Waals surface area (Å²) in [5.41, 5.74) is 0.601. The van der Waals surface area contributed by atoms with Crippen molar-refractivity contribution in [3.63, 3.8) is 0 Å². The quantitative estimate of drug-likeness (QED) is 0.560. The largest absolute Gasteiger partial charge is 0.266 e. The lowest BCUT2D eigenvalue weighted by atomic mass is 9.83. The van der Waals surface area contributed by atoms with Crippen molar-refractivity contribution < 1.29 is 12.6 Å². The molecule has 0 amide bonds. The van der Waals surface area contributed by atoms with Crippen molar-refractivity contribution in [1.82, 2.24) is 0 Å². The fourth-order valence-electron chi connectivity index (χ4n) is 2.31. The van der Waals surface area contributed by atoms with E-state index in [2.05, 4.69) is 12.5 Å². The molecule has 0 spiro atoms. The van der Waals surface area contributed by atoms with E-state index in [-0.39, 0.29) is 12.0 Å². The maximum Gasteiger partial charge on any atom is 0.264 e. The van der Waals surface area contributed by atoms with Crippen molar-refractivity contribution in [3.05, 3.63) is 12.2 Å². The summed E-state index contributed by atoms with van der Waals surface area (Å²) in [6, 6.07) is 0. The second kappa shape index (κ2) is 6.23. The highest BCUT2D eigenvalue weighted by molar-refractivity contribution is 7.86. The van der Waals surface area contributed by atoms with Crippen molar-refractivity contribution in [1.29, 1.82) is 0 Å². The second-order valence-corrected chi connectivity index (χ2v) is 6.29. The number of rotatable bonds is 5. The molecule has 0 aromatic carbocycles. The van der Waals surface area contributed by atoms with Crippen LogP contribution in [0.3, 0.4) is 0 Å². The Hall–Kier alpha value is -0.790. The standard InChI is InChI=1S/C13H20O3S/c1-4-11(2)10-13(16-17(3,14)15)12-8-6-5-7-9-12/h1,12-13H,2,5-10H2,3H3. The zero-order chi connectivity index (χ0) is 12.9. The van der Waals surface area contributed by atoms with Crippen LogP contribution in [0.15, 0.2) is 12.2 Å². The molecule has 17 heavy (non-hydrogen) atoms. The molecule has 0 heterocycles. The summed E-state index contributed by atoms with van der Waals surface area (Å²) in [6.45, 7) is 3.73. The van der Waals surface area contributed by atoms with Crippen LogP contribution in [0, 0.1) is 18.3 Å². The van der Waals surface area contributed by atoms with Gasteiger partial charge in [-0.05, 0) is 24.3 Å². The molecule has 0 aliphatic heterocycles. The van der Waals surface area contributed by atoms with Crippen LogP contribution in [-0.4, -0.2) is 20.8 Å². The van der Waals surface area contributed by atoms with Gasteiger partial charge in [0, 0.05) is 6.42 Å². The summed E-state index contributed by atoms with van der Waals surface area (Å²) in [7, 11) is -3.44. The zero-order valence-electron chi connectivity index (χ0n) is 10.3. The molecule has 0 bridgehead atoms. The van der Waals surface area contributed by atoms with E-state index in [0.29, 0.717) is 12.0 Å². The maximum absolute atomic E-state index is 11.3. The Morgan fingerprint density at radius 2 is 2.06 bits per heavy atom. The highest BCUT2D eigenvalue weighted by Crippen LogP contribution is 2.31. The van der Waals surface area contributed by atoms with Crippen LogP contribution >= 0.6 is 0 Å². The first-order chi connectivity index (χ1) is 7.92. The average Bonchev–Trinajstić information content (AvgIpc) is 2.27. The van der Waals surface area contributed by atoms with Crippen LogP contribution in [0.25, 0.3) is 0 Å². The van der Waals surface area contributed by atoms with Gasteiger partial charge in [0.25, 0.3) is 10.1 Å². The lowest BCUT2D eigenvalue weighted by molar-refractivity contribution is 0.116. The average molecular weight is 256 g/mol. The third-order valence-corrected chi connectivity index (χ3v) is 3.72. The molecular formula is C13H20O3S. The smallest absolute Gasteiger partial charge is 0.264 e. The third kappa shape index (κ3) is 5.38. The lowest BCUT2D eigenvalue weighted by Gasteiger charge is -2.29. The van der Waals surface area contributed by atoms with Gasteiger partial charge in [0.2, 0.25) is 0 Å². The molecule has 96 valence electrons. The van der Waals surface area contributed by atoms with Gasteiger partial charge in [-0.25, -0.2) is 0 Å². The molecule has 1 atom stereocenters. The zero-order valence-corrected chi connectivity index (χ0v) is 11.1. The Morgan fingerprint density at radius 1 is 1.47 bits per heavy atom. The molecule has 0 radical (unpaired) electrons. The molecule has 0 N–H and O–H groups in total. The minimum atomic E-state index is -3.44. The van der Waals surface area contributed by atoms with Crippen LogP contribution in [0.5, 0.6) is 0 Å². The van der Waals surface area contributed by atoms with Crippen molar-refractivity contribution >= 4 is 10.1 Å². The predicted octanol–water partition coefficient (Wildman–Crippen LogP) is 2.49. The Bertz CT molecular complexity index is 397. The molecule has 3 nitrogen and oxygen atoms in total. The highest BCUT2D eigenvalue weighted by atomic mass is 32.2. The minimum absolute atomic E-state index is 0.281. The van der Waals surface area contributed by atoms with Gasteiger partial charge in [-0.1, -0.05) is 31.8 Å². The van der Waals surface area contributed by atoms with Crippen molar-refractivity contribution in [2.75, 3.05) is 6.26 Å². The highest BCUT2D eigenvalue weighted by Gasteiger charge is 2.27. The predicted molar refractivity (Wildman–Crippen MR) is 68.9 cm³/mol. The van der Waals surface area contributed by atoms with Gasteiger partial charge in [-0.3, -0.25) is 4.18 Å². The molecular weight excluding hydrogens is 236 g/mol. The fourth-order valence-corrected chi connectivity index (χ4v) is 2.99. The Balaban J connectivity index is 2.70.